The first-order valence-corrected chi connectivity index (χ1v) is 11.3. The van der Waals surface area contributed by atoms with Gasteiger partial charge in [-0.05, 0) is 55.8 Å². The molecule has 0 bridgehead atoms. The van der Waals surface area contributed by atoms with Gasteiger partial charge >= 0.3 is 5.97 Å². The molecule has 7 nitrogen and oxygen atoms in total. The van der Waals surface area contributed by atoms with Crippen molar-refractivity contribution < 1.29 is 17.9 Å². The Labute approximate surface area is 181 Å². The van der Waals surface area contributed by atoms with Crippen LogP contribution in [0, 0.1) is 6.92 Å². The van der Waals surface area contributed by atoms with Crippen molar-refractivity contribution in [3.8, 4) is 5.75 Å². The number of halogens is 1. The van der Waals surface area contributed by atoms with Crippen molar-refractivity contribution in [2.24, 2.45) is 0 Å². The Balaban J connectivity index is 1.81. The lowest BCUT2D eigenvalue weighted by molar-refractivity contribution is -0.134. The van der Waals surface area contributed by atoms with Gasteiger partial charge in [0.15, 0.2) is 0 Å². The summed E-state index contributed by atoms with van der Waals surface area (Å²) in [4.78, 5) is 17.1. The van der Waals surface area contributed by atoms with Crippen LogP contribution in [-0.4, -0.2) is 42.3 Å². The lowest BCUT2D eigenvalue weighted by Crippen LogP contribution is -2.22. The maximum absolute atomic E-state index is 12.4. The molecular formula is C21H24ClN3O4S. The number of benzene rings is 2. The van der Waals surface area contributed by atoms with E-state index in [4.69, 9.17) is 16.3 Å². The minimum atomic E-state index is -3.55. The second-order valence-corrected chi connectivity index (χ2v) is 9.68. The third-order valence-corrected chi connectivity index (χ3v) is 6.85. The molecule has 30 heavy (non-hydrogen) atoms. The van der Waals surface area contributed by atoms with Crippen molar-refractivity contribution in [2.45, 2.75) is 38.1 Å². The Hall–Kier alpha value is -2.42. The molecule has 0 aliphatic rings. The highest BCUT2D eigenvalue weighted by Crippen LogP contribution is 2.24. The average Bonchev–Trinajstić information content (AvgIpc) is 3.05. The lowest BCUT2D eigenvalue weighted by Gasteiger charge is -2.11. The Kier molecular flexibility index (Phi) is 6.50. The van der Waals surface area contributed by atoms with Crippen LogP contribution < -0.4 is 4.74 Å². The Morgan fingerprint density at radius 3 is 2.57 bits per heavy atom. The summed E-state index contributed by atoms with van der Waals surface area (Å²) in [5.74, 6) is 0.814. The van der Waals surface area contributed by atoms with Gasteiger partial charge in [0.05, 0.1) is 22.3 Å². The maximum atomic E-state index is 12.4. The summed E-state index contributed by atoms with van der Waals surface area (Å²) in [7, 11) is -0.566. The first-order valence-electron chi connectivity index (χ1n) is 9.52. The minimum Gasteiger partial charge on any atom is -0.426 e. The smallest absolute Gasteiger partial charge is 0.311 e. The predicted molar refractivity (Wildman–Crippen MR) is 116 cm³/mol. The van der Waals surface area contributed by atoms with E-state index in [1.54, 1.807) is 36.4 Å². The van der Waals surface area contributed by atoms with Gasteiger partial charge in [-0.25, -0.2) is 17.7 Å². The van der Waals surface area contributed by atoms with Crippen LogP contribution in [0.1, 0.15) is 24.7 Å². The summed E-state index contributed by atoms with van der Waals surface area (Å²) in [6.07, 6.45) is 0.526. The molecule has 0 radical (unpaired) electrons. The van der Waals surface area contributed by atoms with E-state index in [9.17, 15) is 13.2 Å². The van der Waals surface area contributed by atoms with Gasteiger partial charge in [0.1, 0.15) is 11.6 Å². The molecule has 0 fully saturated rings. The normalized spacial score (nSPS) is 11.9. The van der Waals surface area contributed by atoms with Crippen LogP contribution in [0.25, 0.3) is 11.0 Å². The van der Waals surface area contributed by atoms with Gasteiger partial charge in [0, 0.05) is 32.1 Å². The first kappa shape index (κ1) is 22.3. The number of esters is 1. The van der Waals surface area contributed by atoms with Gasteiger partial charge in [-0.3, -0.25) is 4.79 Å². The van der Waals surface area contributed by atoms with Crippen molar-refractivity contribution in [2.75, 3.05) is 14.1 Å². The van der Waals surface area contributed by atoms with E-state index < -0.39 is 10.0 Å². The Morgan fingerprint density at radius 1 is 1.20 bits per heavy atom. The number of hydrogen-bond acceptors (Lipinski definition) is 5. The maximum Gasteiger partial charge on any atom is 0.311 e. The molecule has 0 saturated carbocycles. The van der Waals surface area contributed by atoms with Crippen LogP contribution >= 0.6 is 11.6 Å². The minimum absolute atomic E-state index is 0.147. The molecule has 160 valence electrons. The number of imidazole rings is 1. The molecule has 9 heteroatoms. The summed E-state index contributed by atoms with van der Waals surface area (Å²) in [6, 6.07) is 9.97. The van der Waals surface area contributed by atoms with Crippen molar-refractivity contribution in [3.63, 3.8) is 0 Å². The van der Waals surface area contributed by atoms with Gasteiger partial charge in [-0.2, -0.15) is 0 Å². The zero-order chi connectivity index (χ0) is 22.1. The largest absolute Gasteiger partial charge is 0.426 e. The number of aryl methyl sites for hydroxylation is 3. The number of nitrogens with zero attached hydrogens (tertiary/aromatic N) is 3. The van der Waals surface area contributed by atoms with Gasteiger partial charge in [0.25, 0.3) is 0 Å². The monoisotopic (exact) mass is 449 g/mol. The molecule has 0 unspecified atom stereocenters. The molecule has 0 aliphatic carbocycles. The van der Waals surface area contributed by atoms with E-state index in [1.807, 2.05) is 18.4 Å². The van der Waals surface area contributed by atoms with E-state index in [0.717, 1.165) is 11.1 Å². The third-order valence-electron chi connectivity index (χ3n) is 4.81. The fraction of sp³-hybridized carbons (Fsp3) is 0.333. The zero-order valence-electron chi connectivity index (χ0n) is 17.3. The van der Waals surface area contributed by atoms with Crippen LogP contribution in [0.15, 0.2) is 41.3 Å². The van der Waals surface area contributed by atoms with E-state index in [1.165, 1.54) is 18.4 Å². The Morgan fingerprint density at radius 2 is 1.93 bits per heavy atom. The first-order chi connectivity index (χ1) is 14.1. The lowest BCUT2D eigenvalue weighted by atomic mass is 10.2. The number of carbonyl (C=O) groups excluding carboxylic acids is 1. The fourth-order valence-corrected chi connectivity index (χ4v) is 4.34. The van der Waals surface area contributed by atoms with Gasteiger partial charge in [0.2, 0.25) is 10.0 Å². The summed E-state index contributed by atoms with van der Waals surface area (Å²) in [6.45, 7) is 4.45. The number of hydrogen-bond donors (Lipinski definition) is 0. The van der Waals surface area contributed by atoms with Crippen molar-refractivity contribution >= 4 is 38.6 Å². The summed E-state index contributed by atoms with van der Waals surface area (Å²) in [5, 5.41) is 0.583. The van der Waals surface area contributed by atoms with Crippen molar-refractivity contribution in [1.82, 2.24) is 13.9 Å². The topological polar surface area (TPSA) is 81.5 Å². The van der Waals surface area contributed by atoms with Crippen molar-refractivity contribution in [1.29, 1.82) is 0 Å². The molecule has 1 aromatic heterocycles. The summed E-state index contributed by atoms with van der Waals surface area (Å²) < 4.78 is 33.4. The van der Waals surface area contributed by atoms with Crippen LogP contribution in [0.5, 0.6) is 5.75 Å². The number of rotatable bonds is 7. The highest BCUT2D eigenvalue weighted by Gasteiger charge is 2.20. The Bertz CT molecular complexity index is 1200. The second-order valence-electron chi connectivity index (χ2n) is 7.09. The number of sulfonamides is 1. The van der Waals surface area contributed by atoms with Gasteiger partial charge < -0.3 is 9.30 Å². The van der Waals surface area contributed by atoms with Crippen LogP contribution in [0.4, 0.5) is 0 Å². The average molecular weight is 450 g/mol. The summed E-state index contributed by atoms with van der Waals surface area (Å²) in [5.41, 5.74) is 2.19. The third kappa shape index (κ3) is 4.50. The molecule has 1 heterocycles. The molecule has 0 N–H and O–H groups in total. The molecular weight excluding hydrogens is 426 g/mol. The highest BCUT2D eigenvalue weighted by molar-refractivity contribution is 7.89. The van der Waals surface area contributed by atoms with E-state index in [0.29, 0.717) is 35.1 Å². The van der Waals surface area contributed by atoms with Gasteiger partial charge in [-0.1, -0.05) is 11.6 Å². The number of carbonyl (C=O) groups is 1. The molecule has 0 saturated heterocycles. The van der Waals surface area contributed by atoms with Crippen molar-refractivity contribution in [3.05, 3.63) is 52.8 Å². The predicted octanol–water partition coefficient (Wildman–Crippen LogP) is 3.81. The SMILES string of the molecule is CCn1c(CCC(=O)Oc2ccc(Cl)cc2C)nc2cc(S(=O)(=O)N(C)C)ccc21. The van der Waals surface area contributed by atoms with Gasteiger partial charge in [-0.15, -0.1) is 0 Å². The summed E-state index contributed by atoms with van der Waals surface area (Å²) >= 11 is 5.93. The number of aromatic nitrogens is 2. The number of fused-ring (bicyclic) bond motifs is 1. The van der Waals surface area contributed by atoms with Crippen LogP contribution in [0.3, 0.4) is 0 Å². The molecule has 3 aromatic rings. The number of ether oxygens (including phenoxy) is 1. The standard InChI is InChI=1S/C21H24ClN3O4S/c1-5-25-18-8-7-16(30(27,28)24(3)4)13-17(18)23-20(25)10-11-21(26)29-19-9-6-15(22)12-14(19)2/h6-9,12-13H,5,10-11H2,1-4H3. The second kappa shape index (κ2) is 8.75. The molecule has 2 aromatic carbocycles. The molecule has 0 atom stereocenters. The van der Waals surface area contributed by atoms with E-state index >= 15 is 0 Å². The van der Waals surface area contributed by atoms with Crippen LogP contribution in [0.2, 0.25) is 5.02 Å². The van der Waals surface area contributed by atoms with E-state index in [-0.39, 0.29) is 17.3 Å². The molecule has 0 spiro atoms. The fourth-order valence-electron chi connectivity index (χ4n) is 3.19. The molecule has 0 amide bonds. The van der Waals surface area contributed by atoms with E-state index in [2.05, 4.69) is 4.98 Å². The molecule has 0 aliphatic heterocycles. The molecule has 3 rings (SSSR count). The quantitative estimate of drug-likeness (QED) is 0.404. The zero-order valence-corrected chi connectivity index (χ0v) is 18.9. The highest BCUT2D eigenvalue weighted by atomic mass is 35.5. The van der Waals surface area contributed by atoms with Crippen LogP contribution in [-0.2, 0) is 27.8 Å².